The van der Waals surface area contributed by atoms with E-state index in [1.165, 1.54) is 57.8 Å². The summed E-state index contributed by atoms with van der Waals surface area (Å²) in [4.78, 5) is 44.9. The molecule has 2 aliphatic rings. The maximum atomic E-state index is 12.9. The Labute approximate surface area is 408 Å². The topological polar surface area (TPSA) is 147 Å². The average Bonchev–Trinajstić information content (AvgIpc) is 3.87. The molecule has 0 unspecified atom stereocenters. The molecule has 2 N–H and O–H groups in total. The number of rotatable bonds is 18. The highest BCUT2D eigenvalue weighted by atomic mass is 16.5. The standard InChI is InChI=1S/C29H35N3O3.C28H33N3O3/c1-20(2)35-25-13-9-22(10-14-25)18-28(33)32-29-26(17-21-7-5-4-6-8-21)31-27(19-30-29)23-11-15-24(34-3)16-12-23;1-19(2)34-24-12-8-21(9-13-24)17-27(32)31-28-25(16-20-6-4-5-7-20)30-26(18-29-28)22-10-14-23(33-3)15-11-22/h9-16,19-21H,4-8,17-18H2,1-3H3,(H,30,32,33);8-15,18-20H,4-7,16-17H2,1-3H3,(H,29,31,32). The van der Waals surface area contributed by atoms with Gasteiger partial charge in [-0.25, -0.2) is 19.9 Å². The predicted molar refractivity (Wildman–Crippen MR) is 273 cm³/mol. The Morgan fingerprint density at radius 3 is 1.20 bits per heavy atom. The minimum Gasteiger partial charge on any atom is -0.497 e. The van der Waals surface area contributed by atoms with Crippen molar-refractivity contribution in [1.29, 1.82) is 0 Å². The van der Waals surface area contributed by atoms with E-state index < -0.39 is 0 Å². The number of anilines is 2. The highest BCUT2D eigenvalue weighted by molar-refractivity contribution is 5.92. The molecule has 2 heterocycles. The zero-order valence-corrected chi connectivity index (χ0v) is 41.1. The first-order chi connectivity index (χ1) is 33.5. The van der Waals surface area contributed by atoms with Crippen molar-refractivity contribution < 1.29 is 28.5 Å². The molecule has 4 aromatic carbocycles. The number of hydrogen-bond donors (Lipinski definition) is 2. The molecule has 12 heteroatoms. The van der Waals surface area contributed by atoms with Gasteiger partial charge in [-0.2, -0.15) is 0 Å². The quantitative estimate of drug-likeness (QED) is 0.0854. The Morgan fingerprint density at radius 1 is 0.507 bits per heavy atom. The molecule has 69 heavy (non-hydrogen) atoms. The molecular formula is C57H68N6O6. The van der Waals surface area contributed by atoms with E-state index in [1.807, 2.05) is 125 Å². The van der Waals surface area contributed by atoms with Gasteiger partial charge in [0.1, 0.15) is 23.0 Å². The molecule has 2 aromatic heterocycles. The Morgan fingerprint density at radius 2 is 0.855 bits per heavy atom. The van der Waals surface area contributed by atoms with E-state index >= 15 is 0 Å². The summed E-state index contributed by atoms with van der Waals surface area (Å²) in [5, 5.41) is 6.04. The minimum absolute atomic E-state index is 0.0982. The van der Waals surface area contributed by atoms with E-state index in [1.54, 1.807) is 26.6 Å². The summed E-state index contributed by atoms with van der Waals surface area (Å²) in [5.41, 5.74) is 7.12. The van der Waals surface area contributed by atoms with Crippen molar-refractivity contribution in [2.45, 2.75) is 123 Å². The van der Waals surface area contributed by atoms with Gasteiger partial charge in [-0.1, -0.05) is 82.1 Å². The second-order valence-electron chi connectivity index (χ2n) is 18.7. The number of methoxy groups -OCH3 is 2. The van der Waals surface area contributed by atoms with Gasteiger partial charge in [0, 0.05) is 11.1 Å². The SMILES string of the molecule is COc1ccc(-c2cnc(NC(=O)Cc3ccc(OC(C)C)cc3)c(CC3CCCC3)n2)cc1.COc1ccc(-c2cnc(NC(=O)Cc3ccc(OC(C)C)cc3)c(CC3CCCCC3)n2)cc1. The van der Waals surface area contributed by atoms with Gasteiger partial charge < -0.3 is 29.6 Å². The molecule has 2 saturated carbocycles. The lowest BCUT2D eigenvalue weighted by Gasteiger charge is -2.22. The molecule has 2 amide bonds. The molecule has 0 aliphatic heterocycles. The second kappa shape index (κ2) is 25.0. The third kappa shape index (κ3) is 15.3. The Kier molecular flexibility index (Phi) is 18.1. The van der Waals surface area contributed by atoms with Crippen LogP contribution in [0.5, 0.6) is 23.0 Å². The first-order valence-corrected chi connectivity index (χ1v) is 24.6. The third-order valence-corrected chi connectivity index (χ3v) is 12.5. The zero-order chi connectivity index (χ0) is 48.5. The number of amides is 2. The highest BCUT2D eigenvalue weighted by Gasteiger charge is 2.22. The number of ether oxygens (including phenoxy) is 4. The van der Waals surface area contributed by atoms with E-state index in [0.29, 0.717) is 23.5 Å². The summed E-state index contributed by atoms with van der Waals surface area (Å²) >= 11 is 0. The second-order valence-corrected chi connectivity index (χ2v) is 18.7. The summed E-state index contributed by atoms with van der Waals surface area (Å²) in [6.07, 6.45) is 17.0. The molecule has 0 saturated heterocycles. The molecule has 12 nitrogen and oxygen atoms in total. The number of hydrogen-bond acceptors (Lipinski definition) is 10. The Balaban J connectivity index is 0.000000204. The van der Waals surface area contributed by atoms with Crippen molar-refractivity contribution in [1.82, 2.24) is 19.9 Å². The van der Waals surface area contributed by atoms with Crippen molar-refractivity contribution in [3.05, 3.63) is 132 Å². The molecule has 2 fully saturated rings. The van der Waals surface area contributed by atoms with Gasteiger partial charge in [-0.3, -0.25) is 9.59 Å². The van der Waals surface area contributed by atoms with Gasteiger partial charge in [-0.15, -0.1) is 0 Å². The van der Waals surface area contributed by atoms with Crippen LogP contribution in [0.1, 0.15) is 108 Å². The maximum absolute atomic E-state index is 12.9. The van der Waals surface area contributed by atoms with Crippen LogP contribution in [0.2, 0.25) is 0 Å². The average molecular weight is 933 g/mol. The molecule has 0 atom stereocenters. The van der Waals surface area contributed by atoms with Gasteiger partial charge >= 0.3 is 0 Å². The highest BCUT2D eigenvalue weighted by Crippen LogP contribution is 2.32. The Bertz CT molecular complexity index is 2550. The van der Waals surface area contributed by atoms with Crippen LogP contribution in [0.25, 0.3) is 22.5 Å². The number of aromatic nitrogens is 4. The molecule has 0 radical (unpaired) electrons. The van der Waals surface area contributed by atoms with Crippen LogP contribution in [-0.4, -0.2) is 58.2 Å². The number of carbonyl (C=O) groups excluding carboxylic acids is 2. The van der Waals surface area contributed by atoms with Crippen molar-refractivity contribution in [3.8, 4) is 45.5 Å². The summed E-state index contributed by atoms with van der Waals surface area (Å²) in [6.45, 7) is 7.97. The fourth-order valence-corrected chi connectivity index (χ4v) is 8.94. The lowest BCUT2D eigenvalue weighted by molar-refractivity contribution is -0.116. The molecule has 362 valence electrons. The number of nitrogens with zero attached hydrogens (tertiary/aromatic N) is 4. The van der Waals surface area contributed by atoms with Crippen molar-refractivity contribution >= 4 is 23.5 Å². The summed E-state index contributed by atoms with van der Waals surface area (Å²) in [5.74, 6) is 5.31. The van der Waals surface area contributed by atoms with Crippen molar-refractivity contribution in [3.63, 3.8) is 0 Å². The number of benzene rings is 4. The molecule has 2 aliphatic carbocycles. The van der Waals surface area contributed by atoms with Gasteiger partial charge in [-0.05, 0) is 136 Å². The van der Waals surface area contributed by atoms with Crippen LogP contribution >= 0.6 is 0 Å². The van der Waals surface area contributed by atoms with E-state index in [-0.39, 0.29) is 36.9 Å². The first kappa shape index (κ1) is 50.1. The minimum atomic E-state index is -0.100. The van der Waals surface area contributed by atoms with E-state index in [9.17, 15) is 9.59 Å². The van der Waals surface area contributed by atoms with Gasteiger partial charge in [0.25, 0.3) is 0 Å². The fourth-order valence-electron chi connectivity index (χ4n) is 8.94. The van der Waals surface area contributed by atoms with Crippen LogP contribution < -0.4 is 29.6 Å². The first-order valence-electron chi connectivity index (χ1n) is 24.6. The largest absolute Gasteiger partial charge is 0.497 e. The van der Waals surface area contributed by atoms with E-state index in [2.05, 4.69) is 20.6 Å². The van der Waals surface area contributed by atoms with Crippen LogP contribution in [0, 0.1) is 11.8 Å². The maximum Gasteiger partial charge on any atom is 0.229 e. The normalized spacial score (nSPS) is 13.9. The fraction of sp³-hybridized carbons (Fsp3) is 0.404. The smallest absolute Gasteiger partial charge is 0.229 e. The lowest BCUT2D eigenvalue weighted by Crippen LogP contribution is -2.19. The van der Waals surface area contributed by atoms with Crippen molar-refractivity contribution in [2.24, 2.45) is 11.8 Å². The van der Waals surface area contributed by atoms with Gasteiger partial charge in [0.05, 0.1) is 74.4 Å². The number of carbonyl (C=O) groups is 2. The van der Waals surface area contributed by atoms with Crippen LogP contribution in [-0.2, 0) is 35.3 Å². The predicted octanol–water partition coefficient (Wildman–Crippen LogP) is 12.1. The van der Waals surface area contributed by atoms with E-state index in [4.69, 9.17) is 28.9 Å². The summed E-state index contributed by atoms with van der Waals surface area (Å²) < 4.78 is 21.9. The van der Waals surface area contributed by atoms with Crippen LogP contribution in [0.15, 0.2) is 109 Å². The molecule has 6 aromatic rings. The number of nitrogens with one attached hydrogen (secondary N) is 2. The van der Waals surface area contributed by atoms with Gasteiger partial charge in [0.2, 0.25) is 11.8 Å². The van der Waals surface area contributed by atoms with Crippen molar-refractivity contribution in [2.75, 3.05) is 24.9 Å². The summed E-state index contributed by atoms with van der Waals surface area (Å²) in [6, 6.07) is 30.9. The third-order valence-electron chi connectivity index (χ3n) is 12.5. The lowest BCUT2D eigenvalue weighted by atomic mass is 9.86. The summed E-state index contributed by atoms with van der Waals surface area (Å²) in [7, 11) is 3.31. The molecule has 0 spiro atoms. The molecule has 8 rings (SSSR count). The molecular weight excluding hydrogens is 865 g/mol. The van der Waals surface area contributed by atoms with Crippen LogP contribution in [0.4, 0.5) is 11.6 Å². The molecule has 0 bridgehead atoms. The monoisotopic (exact) mass is 933 g/mol. The Hall–Kier alpha value is -6.82. The van der Waals surface area contributed by atoms with Gasteiger partial charge in [0.15, 0.2) is 11.6 Å². The van der Waals surface area contributed by atoms with Crippen LogP contribution in [0.3, 0.4) is 0 Å². The van der Waals surface area contributed by atoms with E-state index in [0.717, 1.165) is 80.9 Å². The zero-order valence-electron chi connectivity index (χ0n) is 41.1.